The van der Waals surface area contributed by atoms with Crippen LogP contribution >= 0.6 is 11.3 Å². The van der Waals surface area contributed by atoms with Crippen molar-refractivity contribution in [3.8, 4) is 0 Å². The average molecular weight is 284 g/mol. The van der Waals surface area contributed by atoms with Crippen LogP contribution in [0.5, 0.6) is 0 Å². The normalized spacial score (nSPS) is 12.1. The number of hydrogen-bond donors (Lipinski definition) is 0. The molecule has 5 nitrogen and oxygen atoms in total. The van der Waals surface area contributed by atoms with E-state index < -0.39 is 5.97 Å². The van der Waals surface area contributed by atoms with Crippen molar-refractivity contribution in [1.82, 2.24) is 4.98 Å². The van der Waals surface area contributed by atoms with Gasteiger partial charge in [-0.25, -0.2) is 9.78 Å². The fourth-order valence-electron chi connectivity index (χ4n) is 1.50. The second-order valence-electron chi connectivity index (χ2n) is 4.32. The van der Waals surface area contributed by atoms with E-state index in [1.807, 2.05) is 11.9 Å². The van der Waals surface area contributed by atoms with Crippen LogP contribution in [0.1, 0.15) is 54.3 Å². The highest BCUT2D eigenvalue weighted by atomic mass is 32.1. The number of carbonyl (C=O) groups excluding carboxylic acids is 2. The molecular weight excluding hydrogens is 264 g/mol. The Bertz CT molecular complexity index is 470. The number of rotatable bonds is 6. The van der Waals surface area contributed by atoms with Gasteiger partial charge < -0.3 is 9.64 Å². The molecule has 0 saturated carbocycles. The Kier molecular flexibility index (Phi) is 5.47. The molecule has 0 bridgehead atoms. The second kappa shape index (κ2) is 6.65. The quantitative estimate of drug-likeness (QED) is 0.594. The summed E-state index contributed by atoms with van der Waals surface area (Å²) in [5.74, 6) is -0.697. The van der Waals surface area contributed by atoms with Crippen molar-refractivity contribution < 1.29 is 14.3 Å². The van der Waals surface area contributed by atoms with E-state index in [0.29, 0.717) is 16.1 Å². The van der Waals surface area contributed by atoms with Gasteiger partial charge in [0.1, 0.15) is 4.88 Å². The summed E-state index contributed by atoms with van der Waals surface area (Å²) < 4.78 is 4.93. The first-order valence-corrected chi connectivity index (χ1v) is 7.15. The number of thiazole rings is 1. The number of esters is 1. The van der Waals surface area contributed by atoms with Gasteiger partial charge in [0.25, 0.3) is 0 Å². The van der Waals surface area contributed by atoms with Gasteiger partial charge in [0.2, 0.25) is 0 Å². The van der Waals surface area contributed by atoms with Gasteiger partial charge in [0, 0.05) is 20.0 Å². The van der Waals surface area contributed by atoms with Crippen LogP contribution in [0.2, 0.25) is 0 Å². The standard InChI is InChI=1S/C13H20N2O3S/c1-6-8(3)15(5)13-14-10(12(17)18-7-2)11(19-13)9(4)16/h8H,6-7H2,1-5H3. The van der Waals surface area contributed by atoms with E-state index in [-0.39, 0.29) is 18.1 Å². The molecule has 1 rings (SSSR count). The molecule has 0 aliphatic rings. The minimum atomic E-state index is -0.534. The predicted octanol–water partition coefficient (Wildman–Crippen LogP) is 2.76. The predicted molar refractivity (Wildman–Crippen MR) is 76.2 cm³/mol. The van der Waals surface area contributed by atoms with E-state index >= 15 is 0 Å². The third kappa shape index (κ3) is 3.53. The highest BCUT2D eigenvalue weighted by Gasteiger charge is 2.24. The molecule has 0 aromatic carbocycles. The number of ether oxygens (including phenoxy) is 1. The summed E-state index contributed by atoms with van der Waals surface area (Å²) in [4.78, 5) is 30.0. The van der Waals surface area contributed by atoms with Crippen LogP contribution in [-0.4, -0.2) is 36.4 Å². The summed E-state index contributed by atoms with van der Waals surface area (Å²) in [6.45, 7) is 7.57. The molecule has 0 fully saturated rings. The van der Waals surface area contributed by atoms with Gasteiger partial charge in [-0.05, 0) is 20.3 Å². The van der Waals surface area contributed by atoms with E-state index in [0.717, 1.165) is 6.42 Å². The summed E-state index contributed by atoms with van der Waals surface area (Å²) in [6, 6.07) is 0.293. The minimum Gasteiger partial charge on any atom is -0.461 e. The number of carbonyl (C=O) groups is 2. The zero-order valence-electron chi connectivity index (χ0n) is 12.0. The number of hydrogen-bond acceptors (Lipinski definition) is 6. The molecule has 6 heteroatoms. The van der Waals surface area contributed by atoms with Crippen molar-refractivity contribution >= 4 is 28.2 Å². The molecule has 0 saturated heterocycles. The lowest BCUT2D eigenvalue weighted by atomic mass is 10.2. The number of anilines is 1. The maximum Gasteiger partial charge on any atom is 0.358 e. The highest BCUT2D eigenvalue weighted by Crippen LogP contribution is 2.28. The van der Waals surface area contributed by atoms with Gasteiger partial charge in [0.15, 0.2) is 16.6 Å². The molecule has 1 heterocycles. The monoisotopic (exact) mass is 284 g/mol. The molecule has 0 aliphatic carbocycles. The molecule has 0 N–H and O–H groups in total. The third-order valence-electron chi connectivity index (χ3n) is 2.96. The third-order valence-corrected chi connectivity index (χ3v) is 4.20. The van der Waals surface area contributed by atoms with Crippen molar-refractivity contribution in [2.24, 2.45) is 0 Å². The van der Waals surface area contributed by atoms with Crippen molar-refractivity contribution in [2.45, 2.75) is 40.2 Å². The molecule has 0 spiro atoms. The zero-order chi connectivity index (χ0) is 14.6. The minimum absolute atomic E-state index is 0.129. The summed E-state index contributed by atoms with van der Waals surface area (Å²) >= 11 is 1.24. The molecule has 106 valence electrons. The smallest absolute Gasteiger partial charge is 0.358 e. The highest BCUT2D eigenvalue weighted by molar-refractivity contribution is 7.17. The molecule has 0 radical (unpaired) electrons. The Morgan fingerprint density at radius 3 is 2.53 bits per heavy atom. The van der Waals surface area contributed by atoms with Gasteiger partial charge in [-0.2, -0.15) is 0 Å². The lowest BCUT2D eigenvalue weighted by Crippen LogP contribution is -2.27. The van der Waals surface area contributed by atoms with E-state index in [1.54, 1.807) is 6.92 Å². The Labute approximate surface area is 117 Å². The van der Waals surface area contributed by atoms with Gasteiger partial charge in [-0.15, -0.1) is 0 Å². The molecule has 19 heavy (non-hydrogen) atoms. The summed E-state index contributed by atoms with van der Waals surface area (Å²) in [5, 5.41) is 0.669. The van der Waals surface area contributed by atoms with Crippen LogP contribution in [0, 0.1) is 0 Å². The lowest BCUT2D eigenvalue weighted by Gasteiger charge is -2.22. The fraction of sp³-hybridized carbons (Fsp3) is 0.615. The molecule has 0 aliphatic heterocycles. The number of nitrogens with zero attached hydrogens (tertiary/aromatic N) is 2. The fourth-order valence-corrected chi connectivity index (χ4v) is 2.51. The van der Waals surface area contributed by atoms with Crippen LogP contribution in [0.15, 0.2) is 0 Å². The summed E-state index contributed by atoms with van der Waals surface area (Å²) in [6.07, 6.45) is 0.959. The van der Waals surface area contributed by atoms with Crippen molar-refractivity contribution in [3.63, 3.8) is 0 Å². The lowest BCUT2D eigenvalue weighted by molar-refractivity contribution is 0.0517. The maximum absolute atomic E-state index is 11.8. The molecule has 1 aromatic rings. The van der Waals surface area contributed by atoms with E-state index in [9.17, 15) is 9.59 Å². The van der Waals surface area contributed by atoms with Gasteiger partial charge in [-0.3, -0.25) is 4.79 Å². The van der Waals surface area contributed by atoms with Crippen LogP contribution in [0.25, 0.3) is 0 Å². The van der Waals surface area contributed by atoms with Crippen LogP contribution in [-0.2, 0) is 4.74 Å². The molecule has 1 unspecified atom stereocenters. The van der Waals surface area contributed by atoms with Crippen molar-refractivity contribution in [1.29, 1.82) is 0 Å². The zero-order valence-corrected chi connectivity index (χ0v) is 12.8. The van der Waals surface area contributed by atoms with E-state index in [1.165, 1.54) is 18.3 Å². The van der Waals surface area contributed by atoms with Crippen molar-refractivity contribution in [2.75, 3.05) is 18.6 Å². The molecular formula is C13H20N2O3S. The average Bonchev–Trinajstić information content (AvgIpc) is 2.82. The molecule has 0 amide bonds. The second-order valence-corrected chi connectivity index (χ2v) is 5.30. The van der Waals surface area contributed by atoms with Gasteiger partial charge in [-0.1, -0.05) is 18.3 Å². The van der Waals surface area contributed by atoms with Crippen LogP contribution in [0.4, 0.5) is 5.13 Å². The first-order chi connectivity index (χ1) is 8.92. The maximum atomic E-state index is 11.8. The number of ketones is 1. The SMILES string of the molecule is CCOC(=O)c1nc(N(C)C(C)CC)sc1C(C)=O. The van der Waals surface area contributed by atoms with Crippen LogP contribution in [0.3, 0.4) is 0 Å². The number of Topliss-reactive ketones (excluding diaryl/α,β-unsaturated/α-hetero) is 1. The summed E-state index contributed by atoms with van der Waals surface area (Å²) in [5.41, 5.74) is 0.129. The first-order valence-electron chi connectivity index (χ1n) is 6.34. The molecule has 1 atom stereocenters. The van der Waals surface area contributed by atoms with Gasteiger partial charge >= 0.3 is 5.97 Å². The van der Waals surface area contributed by atoms with Gasteiger partial charge in [0.05, 0.1) is 6.61 Å². The Morgan fingerprint density at radius 2 is 2.05 bits per heavy atom. The Hall–Kier alpha value is -1.43. The van der Waals surface area contributed by atoms with Crippen molar-refractivity contribution in [3.05, 3.63) is 10.6 Å². The first kappa shape index (κ1) is 15.6. The van der Waals surface area contributed by atoms with Crippen LogP contribution < -0.4 is 4.90 Å². The van der Waals surface area contributed by atoms with E-state index in [2.05, 4.69) is 18.8 Å². The Balaban J connectivity index is 3.14. The van der Waals surface area contributed by atoms with E-state index in [4.69, 9.17) is 4.74 Å². The topological polar surface area (TPSA) is 59.5 Å². The Morgan fingerprint density at radius 1 is 1.42 bits per heavy atom. The largest absolute Gasteiger partial charge is 0.461 e. The number of aromatic nitrogens is 1. The molecule has 1 aromatic heterocycles. The summed E-state index contributed by atoms with van der Waals surface area (Å²) in [7, 11) is 1.91.